The summed E-state index contributed by atoms with van der Waals surface area (Å²) in [5, 5.41) is 21.1. The first kappa shape index (κ1) is 24.1. The Kier molecular flexibility index (Phi) is 5.49. The SMILES string of the molecule is CC(=O)c1c(C2CC3CCC(C2)N3C(=O)c2ncn[nH]2)nc2c(-c3cnc(C(C)(C)O)nc3)cnn2c1N. The second-order valence-corrected chi connectivity index (χ2v) is 10.6. The molecule has 0 saturated carbocycles. The fourth-order valence-electron chi connectivity index (χ4n) is 5.84. The summed E-state index contributed by atoms with van der Waals surface area (Å²) in [6, 6.07) is 0.00476. The number of nitrogens with two attached hydrogens (primary N) is 1. The number of H-pyrrole nitrogens is 1. The van der Waals surface area contributed by atoms with E-state index in [2.05, 4.69) is 30.2 Å². The highest BCUT2D eigenvalue weighted by Crippen LogP contribution is 2.45. The highest BCUT2D eigenvalue weighted by molar-refractivity contribution is 6.00. The van der Waals surface area contributed by atoms with Crippen molar-refractivity contribution in [3.05, 3.63) is 47.8 Å². The number of hydrogen-bond acceptors (Lipinski definition) is 10. The molecule has 0 aliphatic carbocycles. The van der Waals surface area contributed by atoms with E-state index in [-0.39, 0.29) is 41.3 Å². The highest BCUT2D eigenvalue weighted by Gasteiger charge is 2.45. The molecular weight excluding hydrogens is 488 g/mol. The van der Waals surface area contributed by atoms with Crippen LogP contribution in [0.4, 0.5) is 5.82 Å². The number of nitrogens with one attached hydrogen (secondary N) is 1. The predicted molar refractivity (Wildman–Crippen MR) is 135 cm³/mol. The molecule has 4 aromatic heterocycles. The van der Waals surface area contributed by atoms with Crippen molar-refractivity contribution < 1.29 is 14.7 Å². The van der Waals surface area contributed by atoms with Crippen molar-refractivity contribution in [2.75, 3.05) is 5.73 Å². The number of aromatic nitrogens is 8. The average molecular weight is 517 g/mol. The lowest BCUT2D eigenvalue weighted by Crippen LogP contribution is -2.46. The van der Waals surface area contributed by atoms with E-state index >= 15 is 0 Å². The van der Waals surface area contributed by atoms with Gasteiger partial charge in [0.1, 0.15) is 17.7 Å². The lowest BCUT2D eigenvalue weighted by molar-refractivity contribution is 0.0556. The quantitative estimate of drug-likeness (QED) is 0.331. The number of aromatic amines is 1. The van der Waals surface area contributed by atoms with Gasteiger partial charge in [0.15, 0.2) is 17.3 Å². The second kappa shape index (κ2) is 8.65. The Morgan fingerprint density at radius 2 is 1.79 bits per heavy atom. The van der Waals surface area contributed by atoms with E-state index < -0.39 is 5.60 Å². The van der Waals surface area contributed by atoms with E-state index in [0.717, 1.165) is 12.8 Å². The normalized spacial score (nSPS) is 21.3. The molecule has 2 atom stereocenters. The van der Waals surface area contributed by atoms with Gasteiger partial charge in [-0.25, -0.2) is 19.9 Å². The minimum atomic E-state index is -1.17. The van der Waals surface area contributed by atoms with Crippen LogP contribution < -0.4 is 5.73 Å². The van der Waals surface area contributed by atoms with Crippen LogP contribution in [0.1, 0.15) is 84.9 Å². The molecular formula is C25H28N10O3. The molecule has 0 radical (unpaired) electrons. The third-order valence-corrected chi connectivity index (χ3v) is 7.54. The maximum atomic E-state index is 13.1. The molecule has 13 nitrogen and oxygen atoms in total. The van der Waals surface area contributed by atoms with Crippen molar-refractivity contribution in [1.82, 2.24) is 44.6 Å². The molecule has 0 aromatic carbocycles. The minimum Gasteiger partial charge on any atom is -0.383 e. The Morgan fingerprint density at radius 1 is 1.11 bits per heavy atom. The van der Waals surface area contributed by atoms with Crippen LogP contribution in [0.15, 0.2) is 24.9 Å². The van der Waals surface area contributed by atoms with E-state index in [1.807, 2.05) is 4.90 Å². The third-order valence-electron chi connectivity index (χ3n) is 7.54. The van der Waals surface area contributed by atoms with Crippen LogP contribution in [0.5, 0.6) is 0 Å². The fraction of sp³-hybridized carbons (Fsp3) is 0.440. The molecule has 2 saturated heterocycles. The van der Waals surface area contributed by atoms with Crippen molar-refractivity contribution in [2.24, 2.45) is 0 Å². The van der Waals surface area contributed by atoms with Gasteiger partial charge in [-0.3, -0.25) is 14.7 Å². The Morgan fingerprint density at radius 3 is 2.37 bits per heavy atom. The largest absolute Gasteiger partial charge is 0.383 e. The maximum absolute atomic E-state index is 13.1. The molecule has 4 N–H and O–H groups in total. The average Bonchev–Trinajstić information content (AvgIpc) is 3.61. The van der Waals surface area contributed by atoms with E-state index in [1.54, 1.807) is 32.4 Å². The molecule has 38 heavy (non-hydrogen) atoms. The Balaban J connectivity index is 1.39. The van der Waals surface area contributed by atoms with Crippen LogP contribution >= 0.6 is 0 Å². The molecule has 2 aliphatic rings. The first-order chi connectivity index (χ1) is 18.1. The number of fused-ring (bicyclic) bond motifs is 3. The second-order valence-electron chi connectivity index (χ2n) is 10.6. The van der Waals surface area contributed by atoms with Gasteiger partial charge in [-0.05, 0) is 46.5 Å². The van der Waals surface area contributed by atoms with Crippen molar-refractivity contribution in [1.29, 1.82) is 0 Å². The summed E-state index contributed by atoms with van der Waals surface area (Å²) >= 11 is 0. The van der Waals surface area contributed by atoms with Crippen molar-refractivity contribution in [3.8, 4) is 11.1 Å². The van der Waals surface area contributed by atoms with E-state index in [0.29, 0.717) is 46.7 Å². The molecule has 6 heterocycles. The number of carbonyl (C=O) groups is 2. The monoisotopic (exact) mass is 516 g/mol. The summed E-state index contributed by atoms with van der Waals surface area (Å²) in [6.45, 7) is 4.72. The molecule has 196 valence electrons. The summed E-state index contributed by atoms with van der Waals surface area (Å²) in [6.07, 6.45) is 9.24. The molecule has 1 amide bonds. The molecule has 6 rings (SSSR count). The first-order valence-corrected chi connectivity index (χ1v) is 12.5. The summed E-state index contributed by atoms with van der Waals surface area (Å²) in [5.74, 6) is 0.353. The predicted octanol–water partition coefficient (Wildman–Crippen LogP) is 1.87. The smallest absolute Gasteiger partial charge is 0.291 e. The molecule has 4 aromatic rings. The standard InChI is InChI=1S/C25H28N10O3/c1-12(36)18-19(13-6-15-4-5-16(7-13)34(15)23(37)21-29-11-30-33-21)32-22-17(10-31-35(22)20(18)26)14-8-27-24(28-9-14)25(2,3)38/h8-11,13,15-16,38H,4-7,26H2,1-3H3,(H,29,30,33). The number of anilines is 1. The Labute approximate surface area is 217 Å². The van der Waals surface area contributed by atoms with Crippen LogP contribution in [0.2, 0.25) is 0 Å². The van der Waals surface area contributed by atoms with Gasteiger partial charge in [-0.1, -0.05) is 0 Å². The van der Waals surface area contributed by atoms with Gasteiger partial charge in [-0.2, -0.15) is 14.7 Å². The zero-order chi connectivity index (χ0) is 26.8. The Hall–Kier alpha value is -4.26. The van der Waals surface area contributed by atoms with Crippen LogP contribution in [-0.2, 0) is 5.60 Å². The summed E-state index contributed by atoms with van der Waals surface area (Å²) < 4.78 is 1.47. The molecule has 0 spiro atoms. The number of Topliss-reactive ketones (excluding diaryl/α,β-unsaturated/α-hetero) is 1. The summed E-state index contributed by atoms with van der Waals surface area (Å²) in [7, 11) is 0. The van der Waals surface area contributed by atoms with Gasteiger partial charge >= 0.3 is 0 Å². The summed E-state index contributed by atoms with van der Waals surface area (Å²) in [4.78, 5) is 45.4. The summed E-state index contributed by atoms with van der Waals surface area (Å²) in [5.41, 5.74) is 8.15. The van der Waals surface area contributed by atoms with Crippen molar-refractivity contribution in [2.45, 2.75) is 70.1 Å². The number of amides is 1. The molecule has 2 aliphatic heterocycles. The molecule has 2 fully saturated rings. The van der Waals surface area contributed by atoms with Gasteiger partial charge in [0, 0.05) is 41.5 Å². The zero-order valence-corrected chi connectivity index (χ0v) is 21.3. The van der Waals surface area contributed by atoms with Gasteiger partial charge < -0.3 is 15.7 Å². The Bertz CT molecular complexity index is 1520. The number of nitrogen functional groups attached to an aromatic ring is 1. The van der Waals surface area contributed by atoms with Gasteiger partial charge in [0.25, 0.3) is 5.91 Å². The van der Waals surface area contributed by atoms with Crippen molar-refractivity contribution >= 4 is 23.2 Å². The van der Waals surface area contributed by atoms with Gasteiger partial charge in [0.05, 0.1) is 17.5 Å². The van der Waals surface area contributed by atoms with E-state index in [1.165, 1.54) is 17.8 Å². The maximum Gasteiger partial charge on any atom is 0.291 e. The lowest BCUT2D eigenvalue weighted by atomic mass is 9.85. The highest BCUT2D eigenvalue weighted by atomic mass is 16.3. The van der Waals surface area contributed by atoms with Gasteiger partial charge in [-0.15, -0.1) is 0 Å². The zero-order valence-electron chi connectivity index (χ0n) is 21.3. The number of carbonyl (C=O) groups excluding carboxylic acids is 2. The van der Waals surface area contributed by atoms with Gasteiger partial charge in [0.2, 0.25) is 5.82 Å². The van der Waals surface area contributed by atoms with Crippen LogP contribution in [0, 0.1) is 0 Å². The van der Waals surface area contributed by atoms with Crippen molar-refractivity contribution in [3.63, 3.8) is 0 Å². The number of nitrogens with zero attached hydrogens (tertiary/aromatic N) is 8. The first-order valence-electron chi connectivity index (χ1n) is 12.5. The minimum absolute atomic E-state index is 0.00238. The lowest BCUT2D eigenvalue weighted by Gasteiger charge is -2.38. The van der Waals surface area contributed by atoms with Crippen LogP contribution in [0.25, 0.3) is 16.8 Å². The number of hydrogen-bond donors (Lipinski definition) is 3. The van der Waals surface area contributed by atoms with Crippen LogP contribution in [0.3, 0.4) is 0 Å². The van der Waals surface area contributed by atoms with E-state index in [4.69, 9.17) is 10.7 Å². The molecule has 2 unspecified atom stereocenters. The molecule has 2 bridgehead atoms. The fourth-order valence-corrected chi connectivity index (χ4v) is 5.84. The number of piperidine rings is 1. The number of rotatable bonds is 5. The number of aliphatic hydroxyl groups is 1. The van der Waals surface area contributed by atoms with Crippen LogP contribution in [-0.4, -0.2) is 73.5 Å². The third kappa shape index (κ3) is 3.81. The number of ketones is 1. The molecule has 13 heteroatoms. The topological polar surface area (TPSA) is 181 Å². The van der Waals surface area contributed by atoms with E-state index in [9.17, 15) is 14.7 Å².